The van der Waals surface area contributed by atoms with Crippen LogP contribution in [-0.4, -0.2) is 13.1 Å². The van der Waals surface area contributed by atoms with Crippen molar-refractivity contribution in [3.05, 3.63) is 28.2 Å². The van der Waals surface area contributed by atoms with Gasteiger partial charge in [-0.3, -0.25) is 0 Å². The van der Waals surface area contributed by atoms with Crippen molar-refractivity contribution in [2.45, 2.75) is 13.8 Å². The Morgan fingerprint density at radius 2 is 2.00 bits per heavy atom. The Morgan fingerprint density at radius 1 is 1.43 bits per heavy atom. The topological polar surface area (TPSA) is 52.3 Å². The molecule has 0 amide bonds. The largest absolute Gasteiger partial charge is 0.465 e. The van der Waals surface area contributed by atoms with Gasteiger partial charge in [-0.25, -0.2) is 4.79 Å². The summed E-state index contributed by atoms with van der Waals surface area (Å²) in [5.74, 6) is -0.422. The van der Waals surface area contributed by atoms with E-state index in [9.17, 15) is 4.79 Å². The van der Waals surface area contributed by atoms with Crippen molar-refractivity contribution in [1.29, 1.82) is 0 Å². The second kappa shape index (κ2) is 6.43. The number of ether oxygens (including phenoxy) is 1. The zero-order chi connectivity index (χ0) is 11.1. The van der Waals surface area contributed by atoms with Crippen LogP contribution in [0.3, 0.4) is 0 Å². The predicted octanol–water partition coefficient (Wildman–Crippen LogP) is 2.84. The Hall–Kier alpha value is -1.03. The van der Waals surface area contributed by atoms with Gasteiger partial charge < -0.3 is 10.5 Å². The second-order valence-electron chi connectivity index (χ2n) is 2.22. The zero-order valence-electron chi connectivity index (χ0n) is 8.50. The Labute approximate surface area is 92.4 Å². The summed E-state index contributed by atoms with van der Waals surface area (Å²) in [5, 5.41) is 0. The summed E-state index contributed by atoms with van der Waals surface area (Å²) in [6.45, 7) is 4.00. The van der Waals surface area contributed by atoms with Gasteiger partial charge in [-0.15, -0.1) is 0 Å². The first-order chi connectivity index (χ1) is 6.65. The van der Waals surface area contributed by atoms with E-state index in [2.05, 4.69) is 20.7 Å². The van der Waals surface area contributed by atoms with Crippen molar-refractivity contribution in [2.24, 2.45) is 0 Å². The summed E-state index contributed by atoms with van der Waals surface area (Å²) in [7, 11) is 1.32. The number of methoxy groups -OCH3 is 1. The lowest BCUT2D eigenvalue weighted by molar-refractivity contribution is 0.0602. The van der Waals surface area contributed by atoms with Gasteiger partial charge in [0, 0.05) is 10.2 Å². The molecule has 78 valence electrons. The average molecular weight is 260 g/mol. The number of rotatable bonds is 1. The van der Waals surface area contributed by atoms with Crippen LogP contribution < -0.4 is 5.73 Å². The molecule has 0 atom stereocenters. The van der Waals surface area contributed by atoms with Crippen molar-refractivity contribution < 1.29 is 9.53 Å². The highest BCUT2D eigenvalue weighted by atomic mass is 79.9. The zero-order valence-corrected chi connectivity index (χ0v) is 10.1. The Balaban J connectivity index is 0.000000791. The molecule has 2 N–H and O–H groups in total. The van der Waals surface area contributed by atoms with E-state index < -0.39 is 5.97 Å². The van der Waals surface area contributed by atoms with Crippen LogP contribution in [0.2, 0.25) is 0 Å². The number of esters is 1. The van der Waals surface area contributed by atoms with Gasteiger partial charge >= 0.3 is 5.97 Å². The van der Waals surface area contributed by atoms with Gasteiger partial charge in [0.25, 0.3) is 0 Å². The van der Waals surface area contributed by atoms with Crippen LogP contribution >= 0.6 is 15.9 Å². The fourth-order valence-corrected chi connectivity index (χ4v) is 1.18. The van der Waals surface area contributed by atoms with Gasteiger partial charge in [-0.2, -0.15) is 0 Å². The van der Waals surface area contributed by atoms with E-state index in [4.69, 9.17) is 5.73 Å². The molecule has 0 saturated heterocycles. The van der Waals surface area contributed by atoms with E-state index in [1.807, 2.05) is 13.8 Å². The van der Waals surface area contributed by atoms with Crippen LogP contribution in [0.25, 0.3) is 0 Å². The van der Waals surface area contributed by atoms with Crippen molar-refractivity contribution >= 4 is 27.6 Å². The number of nitrogen functional groups attached to an aromatic ring is 1. The Morgan fingerprint density at radius 3 is 2.50 bits per heavy atom. The summed E-state index contributed by atoms with van der Waals surface area (Å²) in [4.78, 5) is 11.1. The lowest BCUT2D eigenvalue weighted by atomic mass is 10.2. The summed E-state index contributed by atoms with van der Waals surface area (Å²) >= 11 is 3.23. The Bertz CT molecular complexity index is 313. The average Bonchev–Trinajstić information content (AvgIpc) is 2.23. The molecule has 0 fully saturated rings. The van der Waals surface area contributed by atoms with Crippen molar-refractivity contribution in [1.82, 2.24) is 0 Å². The standard InChI is InChI=1S/C8H8BrNO2.C2H6/c1-12-8(11)6-4-5(9)2-3-7(6)10;1-2/h2-4H,10H2,1H3;1-2H3. The molecule has 0 bridgehead atoms. The van der Waals surface area contributed by atoms with E-state index in [1.54, 1.807) is 18.2 Å². The third-order valence-corrected chi connectivity index (χ3v) is 1.91. The minimum absolute atomic E-state index is 0.381. The molecule has 0 aromatic heterocycles. The Kier molecular flexibility index (Phi) is 5.95. The molecule has 0 spiro atoms. The molecule has 0 unspecified atom stereocenters. The monoisotopic (exact) mass is 259 g/mol. The van der Waals surface area contributed by atoms with Gasteiger partial charge in [0.05, 0.1) is 12.7 Å². The molecule has 14 heavy (non-hydrogen) atoms. The lowest BCUT2D eigenvalue weighted by Gasteiger charge is -2.02. The molecule has 3 nitrogen and oxygen atoms in total. The molecular weight excluding hydrogens is 246 g/mol. The summed E-state index contributed by atoms with van der Waals surface area (Å²) < 4.78 is 5.34. The number of nitrogens with two attached hydrogens (primary N) is 1. The maximum Gasteiger partial charge on any atom is 0.339 e. The van der Waals surface area contributed by atoms with E-state index in [0.29, 0.717) is 11.3 Å². The predicted molar refractivity (Wildman–Crippen MR) is 61.2 cm³/mol. The van der Waals surface area contributed by atoms with Crippen molar-refractivity contribution in [3.8, 4) is 0 Å². The molecule has 1 rings (SSSR count). The highest BCUT2D eigenvalue weighted by Gasteiger charge is 2.09. The van der Waals surface area contributed by atoms with Crippen molar-refractivity contribution in [2.75, 3.05) is 12.8 Å². The first kappa shape index (κ1) is 13.0. The van der Waals surface area contributed by atoms with Gasteiger partial charge in [-0.05, 0) is 18.2 Å². The number of carbonyl (C=O) groups is 1. The van der Waals surface area contributed by atoms with E-state index in [0.717, 1.165) is 4.47 Å². The van der Waals surface area contributed by atoms with Crippen molar-refractivity contribution in [3.63, 3.8) is 0 Å². The van der Waals surface area contributed by atoms with Gasteiger partial charge in [0.2, 0.25) is 0 Å². The molecule has 4 heteroatoms. The number of hydrogen-bond acceptors (Lipinski definition) is 3. The molecule has 0 aliphatic carbocycles. The maximum absolute atomic E-state index is 11.1. The number of hydrogen-bond donors (Lipinski definition) is 1. The molecule has 0 saturated carbocycles. The third-order valence-electron chi connectivity index (χ3n) is 1.42. The van der Waals surface area contributed by atoms with Crippen LogP contribution in [0.5, 0.6) is 0 Å². The maximum atomic E-state index is 11.1. The molecule has 1 aromatic rings. The van der Waals surface area contributed by atoms with E-state index >= 15 is 0 Å². The number of benzene rings is 1. The first-order valence-electron chi connectivity index (χ1n) is 4.28. The van der Waals surface area contributed by atoms with Crippen LogP contribution in [-0.2, 0) is 4.74 Å². The number of carbonyl (C=O) groups excluding carboxylic acids is 1. The molecular formula is C10H14BrNO2. The van der Waals surface area contributed by atoms with Gasteiger partial charge in [-0.1, -0.05) is 29.8 Å². The normalized spacial score (nSPS) is 8.57. The smallest absolute Gasteiger partial charge is 0.339 e. The highest BCUT2D eigenvalue weighted by Crippen LogP contribution is 2.18. The van der Waals surface area contributed by atoms with Gasteiger partial charge in [0.15, 0.2) is 0 Å². The lowest BCUT2D eigenvalue weighted by Crippen LogP contribution is -2.05. The number of halogens is 1. The third kappa shape index (κ3) is 3.38. The number of anilines is 1. The highest BCUT2D eigenvalue weighted by molar-refractivity contribution is 9.10. The van der Waals surface area contributed by atoms with E-state index in [1.165, 1.54) is 7.11 Å². The van der Waals surface area contributed by atoms with Crippen LogP contribution in [0.15, 0.2) is 22.7 Å². The molecule has 0 heterocycles. The molecule has 0 radical (unpaired) electrons. The quantitative estimate of drug-likeness (QED) is 0.624. The van der Waals surface area contributed by atoms with Crippen LogP contribution in [0, 0.1) is 0 Å². The second-order valence-corrected chi connectivity index (χ2v) is 3.14. The van der Waals surface area contributed by atoms with Gasteiger partial charge in [0.1, 0.15) is 0 Å². The van der Waals surface area contributed by atoms with Crippen LogP contribution in [0.4, 0.5) is 5.69 Å². The minimum Gasteiger partial charge on any atom is -0.465 e. The fraction of sp³-hybridized carbons (Fsp3) is 0.300. The summed E-state index contributed by atoms with van der Waals surface area (Å²) in [5.41, 5.74) is 6.35. The molecule has 0 aliphatic heterocycles. The molecule has 1 aromatic carbocycles. The SMILES string of the molecule is CC.COC(=O)c1cc(Br)ccc1N. The minimum atomic E-state index is -0.422. The van der Waals surface area contributed by atoms with E-state index in [-0.39, 0.29) is 0 Å². The first-order valence-corrected chi connectivity index (χ1v) is 5.08. The fourth-order valence-electron chi connectivity index (χ4n) is 0.815. The molecule has 0 aliphatic rings. The summed E-state index contributed by atoms with van der Waals surface area (Å²) in [6.07, 6.45) is 0. The van der Waals surface area contributed by atoms with Crippen LogP contribution in [0.1, 0.15) is 24.2 Å². The summed E-state index contributed by atoms with van der Waals surface area (Å²) in [6, 6.07) is 5.04.